The molecule has 188 valence electrons. The summed E-state index contributed by atoms with van der Waals surface area (Å²) in [5.74, 6) is -0.801. The average Bonchev–Trinajstić information content (AvgIpc) is 3.59. The molecule has 5 rings (SSSR count). The van der Waals surface area contributed by atoms with Gasteiger partial charge in [-0.15, -0.1) is 0 Å². The van der Waals surface area contributed by atoms with Gasteiger partial charge in [0, 0.05) is 29.6 Å². The highest BCUT2D eigenvalue weighted by atomic mass is 35.5. The van der Waals surface area contributed by atoms with Gasteiger partial charge in [-0.2, -0.15) is 0 Å². The van der Waals surface area contributed by atoms with Crippen molar-refractivity contribution in [2.45, 2.75) is 31.9 Å². The lowest BCUT2D eigenvalue weighted by molar-refractivity contribution is -0.131. The molecule has 3 heterocycles. The van der Waals surface area contributed by atoms with Gasteiger partial charge in [-0.1, -0.05) is 23.7 Å². The van der Waals surface area contributed by atoms with Crippen LogP contribution in [-0.2, 0) is 9.53 Å². The second-order valence-corrected chi connectivity index (χ2v) is 9.16. The third kappa shape index (κ3) is 4.31. The van der Waals surface area contributed by atoms with Crippen LogP contribution in [-0.4, -0.2) is 54.7 Å². The molecule has 0 spiro atoms. The number of rotatable bonds is 8. The number of hydrogen-bond acceptors (Lipinski definition) is 7. The number of carbonyl (C=O) groups is 2. The molecule has 8 nitrogen and oxygen atoms in total. The second kappa shape index (κ2) is 9.87. The van der Waals surface area contributed by atoms with E-state index in [1.54, 1.807) is 36.4 Å². The molecule has 0 bridgehead atoms. The van der Waals surface area contributed by atoms with Crippen LogP contribution in [0.25, 0.3) is 11.0 Å². The van der Waals surface area contributed by atoms with Crippen LogP contribution < -0.4 is 9.47 Å². The fraction of sp³-hybridized carbons (Fsp3) is 0.333. The first-order chi connectivity index (χ1) is 17.4. The first-order valence-electron chi connectivity index (χ1n) is 11.8. The van der Waals surface area contributed by atoms with Gasteiger partial charge in [0.05, 0.1) is 31.4 Å². The standard InChI is InChI=1S/C27H26ClNO7/c1-3-34-18-8-6-15(7-9-18)23-22(25(31)27(32)29(23)14-19-5-4-10-35-19)24(30)20-12-16-11-17(28)13-21(33-2)26(16)36-20/h6-9,11-13,19,23,31H,3-5,10,14H2,1-2H3. The average molecular weight is 512 g/mol. The number of hydrogen-bond donors (Lipinski definition) is 1. The number of Topliss-reactive ketones (excluding diaryl/α,β-unsaturated/α-hetero) is 1. The topological polar surface area (TPSA) is 98.4 Å². The first kappa shape index (κ1) is 24.2. The van der Waals surface area contributed by atoms with Crippen LogP contribution in [0, 0.1) is 0 Å². The van der Waals surface area contributed by atoms with E-state index in [4.69, 9.17) is 30.2 Å². The van der Waals surface area contributed by atoms with Gasteiger partial charge in [0.2, 0.25) is 5.78 Å². The van der Waals surface area contributed by atoms with Gasteiger partial charge >= 0.3 is 0 Å². The molecule has 2 atom stereocenters. The summed E-state index contributed by atoms with van der Waals surface area (Å²) in [7, 11) is 1.48. The maximum atomic E-state index is 13.8. The predicted molar refractivity (Wildman–Crippen MR) is 133 cm³/mol. The van der Waals surface area contributed by atoms with Crippen molar-refractivity contribution in [1.29, 1.82) is 0 Å². The number of furan rings is 1. The van der Waals surface area contributed by atoms with Gasteiger partial charge in [0.15, 0.2) is 22.9 Å². The van der Waals surface area contributed by atoms with E-state index >= 15 is 0 Å². The molecular weight excluding hydrogens is 486 g/mol. The summed E-state index contributed by atoms with van der Waals surface area (Å²) < 4.78 is 22.5. The molecule has 1 amide bonds. The molecule has 0 aliphatic carbocycles. The number of nitrogens with zero attached hydrogens (tertiary/aromatic N) is 1. The van der Waals surface area contributed by atoms with E-state index in [2.05, 4.69) is 0 Å². The molecule has 9 heteroatoms. The lowest BCUT2D eigenvalue weighted by atomic mass is 9.94. The van der Waals surface area contributed by atoms with Crippen LogP contribution >= 0.6 is 11.6 Å². The number of ether oxygens (including phenoxy) is 3. The van der Waals surface area contributed by atoms with Gasteiger partial charge in [-0.3, -0.25) is 9.59 Å². The summed E-state index contributed by atoms with van der Waals surface area (Å²) in [4.78, 5) is 28.5. The molecular formula is C27H26ClNO7. The highest BCUT2D eigenvalue weighted by Gasteiger charge is 2.45. The third-order valence-corrected chi connectivity index (χ3v) is 6.69. The fourth-order valence-electron chi connectivity index (χ4n) is 4.82. The number of fused-ring (bicyclic) bond motifs is 1. The highest BCUT2D eigenvalue weighted by Crippen LogP contribution is 2.41. The van der Waals surface area contributed by atoms with E-state index in [1.807, 2.05) is 6.92 Å². The van der Waals surface area contributed by atoms with E-state index in [1.165, 1.54) is 18.1 Å². The van der Waals surface area contributed by atoms with E-state index in [9.17, 15) is 14.7 Å². The summed E-state index contributed by atoms with van der Waals surface area (Å²) in [5.41, 5.74) is 0.962. The zero-order chi connectivity index (χ0) is 25.4. The second-order valence-electron chi connectivity index (χ2n) is 8.73. The lowest BCUT2D eigenvalue weighted by Crippen LogP contribution is -2.37. The summed E-state index contributed by atoms with van der Waals surface area (Å²) in [5, 5.41) is 11.9. The van der Waals surface area contributed by atoms with Gasteiger partial charge in [0.1, 0.15) is 5.75 Å². The molecule has 1 fully saturated rings. The minimum atomic E-state index is -0.816. The number of aliphatic hydroxyl groups excluding tert-OH is 1. The molecule has 1 N–H and O–H groups in total. The minimum absolute atomic E-state index is 0.0326. The van der Waals surface area contributed by atoms with E-state index < -0.39 is 23.5 Å². The molecule has 1 aromatic heterocycles. The molecule has 2 unspecified atom stereocenters. The van der Waals surface area contributed by atoms with Crippen molar-refractivity contribution in [3.8, 4) is 11.5 Å². The SMILES string of the molecule is CCOc1ccc(C2C(C(=O)c3cc4cc(Cl)cc(OC)c4o3)=C(O)C(=O)N2CC2CCCO2)cc1. The Balaban J connectivity index is 1.57. The Bertz CT molecular complexity index is 1340. The van der Waals surface area contributed by atoms with Crippen LogP contribution in [0.4, 0.5) is 0 Å². The quantitative estimate of drug-likeness (QED) is 0.412. The van der Waals surface area contributed by atoms with Gasteiger partial charge in [-0.05, 0) is 49.6 Å². The molecule has 0 saturated carbocycles. The summed E-state index contributed by atoms with van der Waals surface area (Å²) in [6.07, 6.45) is 1.53. The third-order valence-electron chi connectivity index (χ3n) is 6.47. The fourth-order valence-corrected chi connectivity index (χ4v) is 5.04. The van der Waals surface area contributed by atoms with Crippen molar-refractivity contribution in [3.05, 3.63) is 70.1 Å². The van der Waals surface area contributed by atoms with Crippen molar-refractivity contribution in [1.82, 2.24) is 4.90 Å². The van der Waals surface area contributed by atoms with E-state index in [0.29, 0.717) is 46.3 Å². The highest BCUT2D eigenvalue weighted by molar-refractivity contribution is 6.31. The Hall–Kier alpha value is -3.49. The zero-order valence-electron chi connectivity index (χ0n) is 20.0. The Morgan fingerprint density at radius 1 is 1.22 bits per heavy atom. The number of aliphatic hydroxyl groups is 1. The molecule has 0 radical (unpaired) electrons. The van der Waals surface area contributed by atoms with Crippen LogP contribution in [0.15, 0.2) is 58.2 Å². The van der Waals surface area contributed by atoms with Crippen molar-refractivity contribution in [3.63, 3.8) is 0 Å². The van der Waals surface area contributed by atoms with Crippen LogP contribution in [0.5, 0.6) is 11.5 Å². The van der Waals surface area contributed by atoms with E-state index in [0.717, 1.165) is 12.8 Å². The van der Waals surface area contributed by atoms with Crippen molar-refractivity contribution in [2.75, 3.05) is 26.9 Å². The monoisotopic (exact) mass is 511 g/mol. The van der Waals surface area contributed by atoms with Crippen LogP contribution in [0.3, 0.4) is 0 Å². The van der Waals surface area contributed by atoms with E-state index in [-0.39, 0.29) is 24.0 Å². The molecule has 2 aromatic carbocycles. The maximum Gasteiger partial charge on any atom is 0.290 e. The van der Waals surface area contributed by atoms with Gasteiger partial charge < -0.3 is 28.6 Å². The van der Waals surface area contributed by atoms with Crippen molar-refractivity contribution < 1.29 is 33.3 Å². The number of benzene rings is 2. The molecule has 1 saturated heterocycles. The smallest absolute Gasteiger partial charge is 0.290 e. The Morgan fingerprint density at radius 2 is 2.00 bits per heavy atom. The number of halogens is 1. The normalized spacial score (nSPS) is 20.0. The first-order valence-corrected chi connectivity index (χ1v) is 12.2. The van der Waals surface area contributed by atoms with Crippen molar-refractivity contribution >= 4 is 34.3 Å². The van der Waals surface area contributed by atoms with Gasteiger partial charge in [-0.25, -0.2) is 0 Å². The maximum absolute atomic E-state index is 13.8. The zero-order valence-corrected chi connectivity index (χ0v) is 20.7. The number of methoxy groups -OCH3 is 1. The number of amides is 1. The Morgan fingerprint density at radius 3 is 2.67 bits per heavy atom. The summed E-state index contributed by atoms with van der Waals surface area (Å²) in [6.45, 7) is 3.27. The largest absolute Gasteiger partial charge is 0.503 e. The van der Waals surface area contributed by atoms with Crippen LogP contribution in [0.1, 0.15) is 41.9 Å². The van der Waals surface area contributed by atoms with Crippen molar-refractivity contribution in [2.24, 2.45) is 0 Å². The summed E-state index contributed by atoms with van der Waals surface area (Å²) >= 11 is 6.17. The molecule has 36 heavy (non-hydrogen) atoms. The Kier molecular flexibility index (Phi) is 6.64. The molecule has 3 aromatic rings. The Labute approximate surface area is 213 Å². The summed E-state index contributed by atoms with van der Waals surface area (Å²) in [6, 6.07) is 11.1. The number of carbonyl (C=O) groups excluding carboxylic acids is 2. The van der Waals surface area contributed by atoms with Gasteiger partial charge in [0.25, 0.3) is 5.91 Å². The minimum Gasteiger partial charge on any atom is -0.503 e. The number of ketones is 1. The lowest BCUT2D eigenvalue weighted by Gasteiger charge is -2.28. The predicted octanol–water partition coefficient (Wildman–Crippen LogP) is 5.25. The van der Waals surface area contributed by atoms with Crippen LogP contribution in [0.2, 0.25) is 5.02 Å². The molecule has 2 aliphatic heterocycles. The molecule has 2 aliphatic rings.